The lowest BCUT2D eigenvalue weighted by Crippen LogP contribution is -2.42. The van der Waals surface area contributed by atoms with Crippen LogP contribution in [-0.4, -0.2) is 46.5 Å². The topological polar surface area (TPSA) is 57.7 Å². The summed E-state index contributed by atoms with van der Waals surface area (Å²) in [7, 11) is 0. The van der Waals surface area contributed by atoms with Crippen LogP contribution in [0.4, 0.5) is 4.79 Å². The van der Waals surface area contributed by atoms with Gasteiger partial charge in [-0.05, 0) is 48.4 Å². The Morgan fingerprint density at radius 2 is 1.88 bits per heavy atom. The predicted molar refractivity (Wildman–Crippen MR) is 99.2 cm³/mol. The number of carbonyl (C=O) groups is 3. The van der Waals surface area contributed by atoms with Crippen molar-refractivity contribution in [3.8, 4) is 0 Å². The number of carbonyl (C=O) groups excluding carboxylic acids is 3. The molecule has 0 aliphatic carbocycles. The fourth-order valence-electron chi connectivity index (χ4n) is 2.94. The van der Waals surface area contributed by atoms with E-state index in [9.17, 15) is 14.4 Å². The van der Waals surface area contributed by atoms with Gasteiger partial charge in [0.1, 0.15) is 6.54 Å². The minimum absolute atomic E-state index is 0.159. The zero-order valence-corrected chi connectivity index (χ0v) is 15.3. The van der Waals surface area contributed by atoms with Gasteiger partial charge in [0, 0.05) is 18.1 Å². The van der Waals surface area contributed by atoms with E-state index in [-0.39, 0.29) is 12.5 Å². The number of benzene rings is 1. The van der Waals surface area contributed by atoms with Gasteiger partial charge in [0.05, 0.1) is 4.91 Å². The van der Waals surface area contributed by atoms with Crippen LogP contribution >= 0.6 is 23.4 Å². The third-order valence-electron chi connectivity index (χ3n) is 4.27. The van der Waals surface area contributed by atoms with Crippen molar-refractivity contribution in [2.24, 2.45) is 0 Å². The van der Waals surface area contributed by atoms with Crippen molar-refractivity contribution in [1.82, 2.24) is 9.80 Å². The quantitative estimate of drug-likeness (QED) is 0.751. The highest BCUT2D eigenvalue weighted by atomic mass is 35.5. The molecule has 0 atom stereocenters. The van der Waals surface area contributed by atoms with Gasteiger partial charge >= 0.3 is 0 Å². The largest absolute Gasteiger partial charge is 0.341 e. The Labute approximate surface area is 156 Å². The van der Waals surface area contributed by atoms with Crippen molar-refractivity contribution in [2.45, 2.75) is 25.7 Å². The Bertz CT molecular complexity index is 727. The van der Waals surface area contributed by atoms with Crippen LogP contribution in [0.25, 0.3) is 6.08 Å². The second-order valence-electron chi connectivity index (χ2n) is 6.12. The summed E-state index contributed by atoms with van der Waals surface area (Å²) in [4.78, 5) is 40.2. The van der Waals surface area contributed by atoms with E-state index in [4.69, 9.17) is 11.6 Å². The van der Waals surface area contributed by atoms with E-state index in [1.807, 2.05) is 6.07 Å². The molecule has 2 aliphatic rings. The molecule has 0 radical (unpaired) electrons. The van der Waals surface area contributed by atoms with Crippen molar-refractivity contribution in [3.05, 3.63) is 39.8 Å². The summed E-state index contributed by atoms with van der Waals surface area (Å²) >= 11 is 6.80. The van der Waals surface area contributed by atoms with Gasteiger partial charge in [-0.15, -0.1) is 0 Å². The molecule has 0 unspecified atom stereocenters. The monoisotopic (exact) mass is 378 g/mol. The van der Waals surface area contributed by atoms with Crippen molar-refractivity contribution in [3.63, 3.8) is 0 Å². The number of hydrogen-bond acceptors (Lipinski definition) is 4. The van der Waals surface area contributed by atoms with Gasteiger partial charge in [0.2, 0.25) is 5.91 Å². The molecule has 0 saturated carbocycles. The van der Waals surface area contributed by atoms with E-state index < -0.39 is 11.1 Å². The third kappa shape index (κ3) is 4.44. The molecule has 0 N–H and O–H groups in total. The first-order valence-corrected chi connectivity index (χ1v) is 9.53. The van der Waals surface area contributed by atoms with Crippen LogP contribution in [0.2, 0.25) is 5.02 Å². The molecule has 2 fully saturated rings. The first-order chi connectivity index (χ1) is 12.0. The lowest BCUT2D eigenvalue weighted by atomic mass is 10.2. The Hall–Kier alpha value is -1.79. The fraction of sp³-hybridized carbons (Fsp3) is 0.389. The molecule has 2 heterocycles. The molecule has 3 amide bonds. The average molecular weight is 379 g/mol. The third-order valence-corrected chi connectivity index (χ3v) is 5.41. The van der Waals surface area contributed by atoms with Gasteiger partial charge in [-0.3, -0.25) is 19.3 Å². The minimum Gasteiger partial charge on any atom is -0.341 e. The number of nitrogens with zero attached hydrogens (tertiary/aromatic N) is 2. The molecule has 0 spiro atoms. The van der Waals surface area contributed by atoms with Gasteiger partial charge in [0.15, 0.2) is 0 Å². The van der Waals surface area contributed by atoms with Gasteiger partial charge < -0.3 is 4.90 Å². The van der Waals surface area contributed by atoms with Crippen molar-refractivity contribution in [1.29, 1.82) is 0 Å². The zero-order valence-electron chi connectivity index (χ0n) is 13.7. The number of rotatable bonds is 3. The number of imide groups is 1. The first-order valence-electron chi connectivity index (χ1n) is 8.33. The summed E-state index contributed by atoms with van der Waals surface area (Å²) in [6.07, 6.45) is 5.82. The number of thioether (sulfide) groups is 1. The lowest BCUT2D eigenvalue weighted by Gasteiger charge is -2.22. The summed E-state index contributed by atoms with van der Waals surface area (Å²) in [6.45, 7) is 1.22. The molecule has 0 aromatic heterocycles. The van der Waals surface area contributed by atoms with Crippen LogP contribution in [-0.2, 0) is 9.59 Å². The van der Waals surface area contributed by atoms with E-state index in [2.05, 4.69) is 0 Å². The van der Waals surface area contributed by atoms with E-state index >= 15 is 0 Å². The van der Waals surface area contributed by atoms with E-state index in [1.54, 1.807) is 29.2 Å². The molecule has 2 aliphatic heterocycles. The summed E-state index contributed by atoms with van der Waals surface area (Å²) < 4.78 is 0. The Balaban J connectivity index is 1.69. The highest BCUT2D eigenvalue weighted by Crippen LogP contribution is 2.32. The first kappa shape index (κ1) is 18.0. The van der Waals surface area contributed by atoms with Crippen LogP contribution in [0.3, 0.4) is 0 Å². The number of hydrogen-bond donors (Lipinski definition) is 0. The van der Waals surface area contributed by atoms with Gasteiger partial charge in [-0.2, -0.15) is 0 Å². The van der Waals surface area contributed by atoms with Crippen molar-refractivity contribution < 1.29 is 14.4 Å². The molecule has 0 bridgehead atoms. The molecule has 2 saturated heterocycles. The fourth-order valence-corrected chi connectivity index (χ4v) is 3.98. The molecule has 3 rings (SSSR count). The molecule has 7 heteroatoms. The Morgan fingerprint density at radius 3 is 2.56 bits per heavy atom. The van der Waals surface area contributed by atoms with Crippen LogP contribution in [0, 0.1) is 0 Å². The number of halogens is 1. The second kappa shape index (κ2) is 8.06. The molecule has 1 aromatic carbocycles. The van der Waals surface area contributed by atoms with E-state index in [1.165, 1.54) is 0 Å². The van der Waals surface area contributed by atoms with Crippen LogP contribution in [0.15, 0.2) is 29.2 Å². The summed E-state index contributed by atoms with van der Waals surface area (Å²) in [5.74, 6) is -0.577. The summed E-state index contributed by atoms with van der Waals surface area (Å²) in [6, 6.07) is 7.05. The summed E-state index contributed by atoms with van der Waals surface area (Å²) in [5, 5.41) is 0.158. The SMILES string of the molecule is O=C(CN1C(=O)SC(=Cc2cccc(Cl)c2)C1=O)N1CCCCCC1. The Morgan fingerprint density at radius 1 is 1.16 bits per heavy atom. The van der Waals surface area contributed by atoms with E-state index in [0.29, 0.717) is 23.0 Å². The summed E-state index contributed by atoms with van der Waals surface area (Å²) in [5.41, 5.74) is 0.747. The van der Waals surface area contributed by atoms with Crippen LogP contribution in [0.5, 0.6) is 0 Å². The molecule has 1 aromatic rings. The average Bonchev–Trinajstić information content (AvgIpc) is 2.79. The molecular weight excluding hydrogens is 360 g/mol. The predicted octanol–water partition coefficient (Wildman–Crippen LogP) is 3.78. The highest BCUT2D eigenvalue weighted by molar-refractivity contribution is 8.18. The number of amides is 3. The second-order valence-corrected chi connectivity index (χ2v) is 7.55. The van der Waals surface area contributed by atoms with Gasteiger partial charge in [-0.25, -0.2) is 0 Å². The Kier molecular flexibility index (Phi) is 5.81. The maximum Gasteiger partial charge on any atom is 0.294 e. The lowest BCUT2D eigenvalue weighted by molar-refractivity contribution is -0.135. The smallest absolute Gasteiger partial charge is 0.294 e. The van der Waals surface area contributed by atoms with E-state index in [0.717, 1.165) is 47.9 Å². The normalized spacial score (nSPS) is 20.3. The molecule has 25 heavy (non-hydrogen) atoms. The van der Waals surface area contributed by atoms with Crippen LogP contribution < -0.4 is 0 Å². The minimum atomic E-state index is -0.418. The maximum absolute atomic E-state index is 12.5. The molecule has 5 nitrogen and oxygen atoms in total. The van der Waals surface area contributed by atoms with Crippen LogP contribution in [0.1, 0.15) is 31.2 Å². The number of likely N-dealkylation sites (tertiary alicyclic amines) is 1. The van der Waals surface area contributed by atoms with Gasteiger partial charge in [-0.1, -0.05) is 36.6 Å². The zero-order chi connectivity index (χ0) is 17.8. The van der Waals surface area contributed by atoms with Crippen molar-refractivity contribution >= 4 is 46.5 Å². The van der Waals surface area contributed by atoms with Crippen molar-refractivity contribution in [2.75, 3.05) is 19.6 Å². The molecule has 132 valence electrons. The standard InChI is InChI=1S/C18H19ClN2O3S/c19-14-7-5-6-13(10-14)11-15-17(23)21(18(24)25-15)12-16(22)20-8-3-1-2-4-9-20/h5-7,10-11H,1-4,8-9,12H2. The maximum atomic E-state index is 12.5. The van der Waals surface area contributed by atoms with Gasteiger partial charge in [0.25, 0.3) is 11.1 Å². The highest BCUT2D eigenvalue weighted by Gasteiger charge is 2.37. The molecular formula is C18H19ClN2O3S.